The standard InChI is InChI=1S/C41H69N5O8/c1-14-26(4)34(45(11)37(49)33(25(2)3)44-39(51)41(9,10)42)31(52-12)24-32(47)46-22-18-21-30(46)35(53-13)27(5)36(48)43-29(38(50)54-40(6,7)8)23-28-19-16-15-17-20-28/h15-17,19-20,25-27,29-31,33-35H,14,18,21-24,42H2,1-13H3,(H,43,48)(H,44,51)/t26-,27+,29-,30?,31+,33-,34-,35+/m0/s1. The van der Waals surface area contributed by atoms with E-state index in [-0.39, 0.29) is 42.4 Å². The van der Waals surface area contributed by atoms with Crippen LogP contribution in [0, 0.1) is 17.8 Å². The van der Waals surface area contributed by atoms with Gasteiger partial charge in [0.2, 0.25) is 23.6 Å². The van der Waals surface area contributed by atoms with Gasteiger partial charge in [-0.25, -0.2) is 4.79 Å². The molecule has 0 saturated carbocycles. The summed E-state index contributed by atoms with van der Waals surface area (Å²) in [6.07, 6.45) is 0.975. The number of hydrogen-bond acceptors (Lipinski definition) is 9. The van der Waals surface area contributed by atoms with Gasteiger partial charge in [0.05, 0.1) is 42.2 Å². The number of methoxy groups -OCH3 is 2. The molecule has 0 aliphatic carbocycles. The number of ether oxygens (including phenoxy) is 3. The van der Waals surface area contributed by atoms with Crippen LogP contribution in [0.1, 0.15) is 100 Å². The molecule has 8 atom stereocenters. The zero-order valence-electron chi connectivity index (χ0n) is 35.1. The minimum absolute atomic E-state index is 0.0109. The van der Waals surface area contributed by atoms with E-state index in [2.05, 4.69) is 10.6 Å². The van der Waals surface area contributed by atoms with Crippen molar-refractivity contribution in [3.8, 4) is 0 Å². The van der Waals surface area contributed by atoms with Crippen molar-refractivity contribution in [2.45, 2.75) is 149 Å². The van der Waals surface area contributed by atoms with E-state index in [0.717, 1.165) is 12.0 Å². The summed E-state index contributed by atoms with van der Waals surface area (Å²) in [5.41, 5.74) is 4.99. The maximum Gasteiger partial charge on any atom is 0.329 e. The van der Waals surface area contributed by atoms with Gasteiger partial charge in [0, 0.05) is 34.2 Å². The van der Waals surface area contributed by atoms with Crippen LogP contribution in [0.2, 0.25) is 0 Å². The van der Waals surface area contributed by atoms with Crippen LogP contribution < -0.4 is 16.4 Å². The maximum absolute atomic E-state index is 14.2. The molecule has 1 aliphatic heterocycles. The van der Waals surface area contributed by atoms with Crippen LogP contribution >= 0.6 is 0 Å². The lowest BCUT2D eigenvalue weighted by molar-refractivity contribution is -0.159. The monoisotopic (exact) mass is 760 g/mol. The number of benzene rings is 1. The van der Waals surface area contributed by atoms with Gasteiger partial charge in [0.25, 0.3) is 0 Å². The van der Waals surface area contributed by atoms with Crippen molar-refractivity contribution in [1.29, 1.82) is 0 Å². The fourth-order valence-corrected chi connectivity index (χ4v) is 7.09. The summed E-state index contributed by atoms with van der Waals surface area (Å²) in [4.78, 5) is 71.5. The van der Waals surface area contributed by atoms with Crippen LogP contribution in [0.3, 0.4) is 0 Å². The zero-order chi connectivity index (χ0) is 41.1. The van der Waals surface area contributed by atoms with Crippen molar-refractivity contribution < 1.29 is 38.2 Å². The predicted octanol–water partition coefficient (Wildman–Crippen LogP) is 3.85. The highest BCUT2D eigenvalue weighted by Gasteiger charge is 2.43. The highest BCUT2D eigenvalue weighted by molar-refractivity contribution is 5.92. The molecule has 54 heavy (non-hydrogen) atoms. The smallest absolute Gasteiger partial charge is 0.329 e. The Labute approximate surface area is 323 Å². The van der Waals surface area contributed by atoms with Crippen molar-refractivity contribution in [3.05, 3.63) is 35.9 Å². The van der Waals surface area contributed by atoms with Crippen LogP contribution in [-0.4, -0.2) is 115 Å². The molecule has 13 nitrogen and oxygen atoms in total. The third-order valence-electron chi connectivity index (χ3n) is 10.4. The minimum atomic E-state index is -1.17. The number of nitrogens with two attached hydrogens (primary N) is 1. The second-order valence-corrected chi connectivity index (χ2v) is 16.8. The number of hydrogen-bond donors (Lipinski definition) is 3. The number of nitrogens with one attached hydrogen (secondary N) is 2. The van der Waals surface area contributed by atoms with Gasteiger partial charge >= 0.3 is 5.97 Å². The first-order valence-electron chi connectivity index (χ1n) is 19.4. The Balaban J connectivity index is 2.30. The van der Waals surface area contributed by atoms with Gasteiger partial charge in [-0.3, -0.25) is 19.2 Å². The molecule has 0 bridgehead atoms. The first-order chi connectivity index (χ1) is 25.1. The van der Waals surface area contributed by atoms with Crippen molar-refractivity contribution in [2.75, 3.05) is 27.8 Å². The van der Waals surface area contributed by atoms with E-state index in [1.54, 1.807) is 58.4 Å². The third kappa shape index (κ3) is 13.0. The van der Waals surface area contributed by atoms with Crippen LogP contribution in [0.15, 0.2) is 30.3 Å². The van der Waals surface area contributed by atoms with E-state index < -0.39 is 65.3 Å². The summed E-state index contributed by atoms with van der Waals surface area (Å²) in [5, 5.41) is 5.75. The highest BCUT2D eigenvalue weighted by Crippen LogP contribution is 2.30. The summed E-state index contributed by atoms with van der Waals surface area (Å²) in [5.74, 6) is -2.82. The Morgan fingerprint density at radius 3 is 2.07 bits per heavy atom. The third-order valence-corrected chi connectivity index (χ3v) is 10.4. The van der Waals surface area contributed by atoms with Crippen LogP contribution in [0.5, 0.6) is 0 Å². The van der Waals surface area contributed by atoms with Gasteiger partial charge in [-0.05, 0) is 64.9 Å². The number of amides is 4. The molecular formula is C41H69N5O8. The Hall–Kier alpha value is -3.55. The first kappa shape index (κ1) is 46.6. The molecule has 0 aromatic heterocycles. The summed E-state index contributed by atoms with van der Waals surface area (Å²) in [7, 11) is 4.75. The van der Waals surface area contributed by atoms with Crippen LogP contribution in [-0.2, 0) is 44.6 Å². The lowest BCUT2D eigenvalue weighted by Crippen LogP contribution is -2.60. The minimum Gasteiger partial charge on any atom is -0.458 e. The number of nitrogens with zero attached hydrogens (tertiary/aromatic N) is 2. The van der Waals surface area contributed by atoms with Crippen molar-refractivity contribution >= 4 is 29.6 Å². The average molecular weight is 760 g/mol. The molecular weight excluding hydrogens is 690 g/mol. The Kier molecular flexibility index (Phi) is 17.6. The van der Waals surface area contributed by atoms with Crippen LogP contribution in [0.4, 0.5) is 0 Å². The van der Waals surface area contributed by atoms with Gasteiger partial charge < -0.3 is 40.4 Å². The number of likely N-dealkylation sites (tertiary alicyclic amines) is 1. The molecule has 0 radical (unpaired) electrons. The normalized spacial score (nSPS) is 18.9. The van der Waals surface area contributed by atoms with Crippen molar-refractivity contribution in [2.24, 2.45) is 23.5 Å². The summed E-state index contributed by atoms with van der Waals surface area (Å²) in [6, 6.07) is 6.77. The molecule has 4 N–H and O–H groups in total. The largest absolute Gasteiger partial charge is 0.458 e. The molecule has 4 amide bonds. The fraction of sp³-hybridized carbons (Fsp3) is 0.732. The molecule has 1 unspecified atom stereocenters. The molecule has 1 saturated heterocycles. The molecule has 1 aliphatic rings. The molecule has 1 heterocycles. The fourth-order valence-electron chi connectivity index (χ4n) is 7.09. The van der Waals surface area contributed by atoms with E-state index in [4.69, 9.17) is 19.9 Å². The Bertz CT molecular complexity index is 1390. The molecule has 13 heteroatoms. The summed E-state index contributed by atoms with van der Waals surface area (Å²) < 4.78 is 17.6. The number of likely N-dealkylation sites (N-methyl/N-ethyl adjacent to an activating group) is 1. The topological polar surface area (TPSA) is 170 Å². The lowest BCUT2D eigenvalue weighted by Gasteiger charge is -2.41. The number of esters is 1. The van der Waals surface area contributed by atoms with E-state index in [1.165, 1.54) is 14.2 Å². The van der Waals surface area contributed by atoms with Gasteiger partial charge in [-0.15, -0.1) is 0 Å². The molecule has 1 aromatic rings. The van der Waals surface area contributed by atoms with E-state index in [0.29, 0.717) is 19.4 Å². The number of rotatable bonds is 19. The molecule has 1 aromatic carbocycles. The summed E-state index contributed by atoms with van der Waals surface area (Å²) in [6.45, 7) is 18.5. The molecule has 306 valence electrons. The second-order valence-electron chi connectivity index (χ2n) is 16.8. The van der Waals surface area contributed by atoms with Gasteiger partial charge in [0.1, 0.15) is 17.7 Å². The number of carbonyl (C=O) groups excluding carboxylic acids is 5. The van der Waals surface area contributed by atoms with Gasteiger partial charge in [0.15, 0.2) is 0 Å². The van der Waals surface area contributed by atoms with Crippen LogP contribution in [0.25, 0.3) is 0 Å². The van der Waals surface area contributed by atoms with Crippen molar-refractivity contribution in [1.82, 2.24) is 20.4 Å². The van der Waals surface area contributed by atoms with Crippen molar-refractivity contribution in [3.63, 3.8) is 0 Å². The second kappa shape index (κ2) is 20.4. The highest BCUT2D eigenvalue weighted by atomic mass is 16.6. The quantitative estimate of drug-likeness (QED) is 0.178. The maximum atomic E-state index is 14.2. The SMILES string of the molecule is CC[C@H](C)[C@@H]([C@@H](CC(=O)N1CCCC1[C@H](OC)[C@@H](C)C(=O)N[C@@H](Cc1ccccc1)C(=O)OC(C)(C)C)OC)N(C)C(=O)[C@@H](NC(=O)C(C)(C)N)C(C)C. The van der Waals surface area contributed by atoms with E-state index in [1.807, 2.05) is 58.0 Å². The molecule has 0 spiro atoms. The number of carbonyl (C=O) groups is 5. The average Bonchev–Trinajstić information content (AvgIpc) is 3.58. The first-order valence-corrected chi connectivity index (χ1v) is 19.4. The predicted molar refractivity (Wildman–Crippen MR) is 209 cm³/mol. The van der Waals surface area contributed by atoms with Gasteiger partial charge in [-0.2, -0.15) is 0 Å². The lowest BCUT2D eigenvalue weighted by atomic mass is 9.89. The van der Waals surface area contributed by atoms with E-state index >= 15 is 0 Å². The molecule has 1 fully saturated rings. The Morgan fingerprint density at radius 1 is 0.963 bits per heavy atom. The Morgan fingerprint density at radius 2 is 1.57 bits per heavy atom. The van der Waals surface area contributed by atoms with E-state index in [9.17, 15) is 24.0 Å². The van der Waals surface area contributed by atoms with Gasteiger partial charge in [-0.1, -0.05) is 71.4 Å². The molecule has 2 rings (SSSR count). The summed E-state index contributed by atoms with van der Waals surface area (Å²) >= 11 is 0. The zero-order valence-corrected chi connectivity index (χ0v) is 35.1.